The van der Waals surface area contributed by atoms with Crippen LogP contribution in [0.5, 0.6) is 0 Å². The van der Waals surface area contributed by atoms with Gasteiger partial charge in [-0.15, -0.1) is 0 Å². The van der Waals surface area contributed by atoms with E-state index in [9.17, 15) is 0 Å². The van der Waals surface area contributed by atoms with Gasteiger partial charge in [-0.25, -0.2) is 9.97 Å². The van der Waals surface area contributed by atoms with Crippen LogP contribution >= 0.6 is 11.6 Å². The second-order valence-corrected chi connectivity index (χ2v) is 6.05. The van der Waals surface area contributed by atoms with E-state index >= 15 is 0 Å². The van der Waals surface area contributed by atoms with Crippen molar-refractivity contribution in [2.45, 2.75) is 26.3 Å². The SMILES string of the molecule is Cc1c(Cl)ccc2ccc(NC(C)Cc3nccn3C)nc12. The number of rotatable bonds is 4. The van der Waals surface area contributed by atoms with Gasteiger partial charge in [0.05, 0.1) is 5.52 Å². The molecule has 2 aromatic heterocycles. The number of benzene rings is 1. The number of nitrogens with one attached hydrogen (secondary N) is 1. The number of halogens is 1. The highest BCUT2D eigenvalue weighted by atomic mass is 35.5. The average molecular weight is 315 g/mol. The number of anilines is 1. The lowest BCUT2D eigenvalue weighted by molar-refractivity contribution is 0.701. The number of pyridine rings is 1. The number of aromatic nitrogens is 3. The normalized spacial score (nSPS) is 12.5. The molecule has 1 N–H and O–H groups in total. The van der Waals surface area contributed by atoms with Crippen LogP contribution in [0.25, 0.3) is 10.9 Å². The summed E-state index contributed by atoms with van der Waals surface area (Å²) in [6.45, 7) is 4.13. The lowest BCUT2D eigenvalue weighted by Gasteiger charge is -2.15. The van der Waals surface area contributed by atoms with E-state index in [1.165, 1.54) is 0 Å². The molecule has 0 fully saturated rings. The number of nitrogens with zero attached hydrogens (tertiary/aromatic N) is 3. The third-order valence-electron chi connectivity index (χ3n) is 3.85. The molecule has 1 aromatic carbocycles. The van der Waals surface area contributed by atoms with E-state index < -0.39 is 0 Å². The second-order valence-electron chi connectivity index (χ2n) is 5.64. The lowest BCUT2D eigenvalue weighted by Crippen LogP contribution is -2.20. The first kappa shape index (κ1) is 14.9. The Morgan fingerprint density at radius 2 is 2.05 bits per heavy atom. The van der Waals surface area contributed by atoms with Gasteiger partial charge in [-0.05, 0) is 37.6 Å². The van der Waals surface area contributed by atoms with Crippen LogP contribution in [0.2, 0.25) is 5.02 Å². The van der Waals surface area contributed by atoms with Crippen LogP contribution in [0, 0.1) is 6.92 Å². The van der Waals surface area contributed by atoms with E-state index in [4.69, 9.17) is 16.6 Å². The van der Waals surface area contributed by atoms with Gasteiger partial charge in [0.2, 0.25) is 0 Å². The summed E-state index contributed by atoms with van der Waals surface area (Å²) in [4.78, 5) is 9.06. The average Bonchev–Trinajstić information content (AvgIpc) is 2.88. The van der Waals surface area contributed by atoms with E-state index in [0.717, 1.165) is 39.6 Å². The van der Waals surface area contributed by atoms with Crippen molar-refractivity contribution in [3.63, 3.8) is 0 Å². The van der Waals surface area contributed by atoms with E-state index in [1.807, 2.05) is 49.1 Å². The maximum Gasteiger partial charge on any atom is 0.126 e. The minimum absolute atomic E-state index is 0.241. The van der Waals surface area contributed by atoms with Crippen LogP contribution in [-0.4, -0.2) is 20.6 Å². The fourth-order valence-corrected chi connectivity index (χ4v) is 2.71. The zero-order valence-corrected chi connectivity index (χ0v) is 13.7. The van der Waals surface area contributed by atoms with Crippen LogP contribution in [0.4, 0.5) is 5.82 Å². The molecule has 0 saturated heterocycles. The maximum atomic E-state index is 6.19. The van der Waals surface area contributed by atoms with E-state index in [-0.39, 0.29) is 6.04 Å². The molecule has 3 aromatic rings. The summed E-state index contributed by atoms with van der Waals surface area (Å²) < 4.78 is 2.04. The molecule has 5 heteroatoms. The Morgan fingerprint density at radius 1 is 1.27 bits per heavy atom. The van der Waals surface area contributed by atoms with Crippen molar-refractivity contribution in [3.8, 4) is 0 Å². The first-order chi connectivity index (χ1) is 10.5. The minimum Gasteiger partial charge on any atom is -0.367 e. The zero-order valence-electron chi connectivity index (χ0n) is 13.0. The molecular formula is C17H19ClN4. The molecule has 0 bridgehead atoms. The molecule has 0 aliphatic heterocycles. The summed E-state index contributed by atoms with van der Waals surface area (Å²) in [5.74, 6) is 1.92. The third-order valence-corrected chi connectivity index (χ3v) is 4.26. The molecule has 22 heavy (non-hydrogen) atoms. The molecule has 0 radical (unpaired) electrons. The maximum absolute atomic E-state index is 6.19. The van der Waals surface area contributed by atoms with Gasteiger partial charge in [0.1, 0.15) is 11.6 Å². The fraction of sp³-hybridized carbons (Fsp3) is 0.294. The van der Waals surface area contributed by atoms with Crippen LogP contribution in [0.15, 0.2) is 36.7 Å². The van der Waals surface area contributed by atoms with Crippen molar-refractivity contribution in [1.29, 1.82) is 0 Å². The molecular weight excluding hydrogens is 296 g/mol. The Kier molecular flexibility index (Phi) is 4.03. The van der Waals surface area contributed by atoms with Gasteiger partial charge in [-0.3, -0.25) is 0 Å². The molecule has 1 unspecified atom stereocenters. The molecule has 0 aliphatic rings. The highest BCUT2D eigenvalue weighted by Gasteiger charge is 2.09. The molecule has 114 valence electrons. The van der Waals surface area contributed by atoms with Crippen molar-refractivity contribution < 1.29 is 0 Å². The predicted octanol–water partition coefficient (Wildman–Crippen LogP) is 3.97. The quantitative estimate of drug-likeness (QED) is 0.792. The standard InChI is InChI=1S/C17H19ClN4/c1-11(10-16-19-8-9-22(16)3)20-15-7-5-13-4-6-14(18)12(2)17(13)21-15/h4-9,11H,10H2,1-3H3,(H,20,21). The van der Waals surface area contributed by atoms with E-state index in [0.29, 0.717) is 0 Å². The van der Waals surface area contributed by atoms with Crippen molar-refractivity contribution in [2.75, 3.05) is 5.32 Å². The highest BCUT2D eigenvalue weighted by molar-refractivity contribution is 6.32. The molecule has 0 saturated carbocycles. The second kappa shape index (κ2) is 5.97. The van der Waals surface area contributed by atoms with E-state index in [1.54, 1.807) is 0 Å². The molecule has 2 heterocycles. The molecule has 0 aliphatic carbocycles. The van der Waals surface area contributed by atoms with Gasteiger partial charge in [0.15, 0.2) is 0 Å². The fourth-order valence-electron chi connectivity index (χ4n) is 2.56. The predicted molar refractivity (Wildman–Crippen MR) is 91.5 cm³/mol. The summed E-state index contributed by atoms with van der Waals surface area (Å²) >= 11 is 6.19. The largest absolute Gasteiger partial charge is 0.367 e. The number of aryl methyl sites for hydroxylation is 2. The van der Waals surface area contributed by atoms with Crippen LogP contribution < -0.4 is 5.32 Å². The number of fused-ring (bicyclic) bond motifs is 1. The monoisotopic (exact) mass is 314 g/mol. The Labute approximate surface area is 135 Å². The summed E-state index contributed by atoms with van der Waals surface area (Å²) in [6.07, 6.45) is 4.63. The van der Waals surface area contributed by atoms with Crippen molar-refractivity contribution in [2.24, 2.45) is 7.05 Å². The Hall–Kier alpha value is -2.07. The smallest absolute Gasteiger partial charge is 0.126 e. The number of hydrogen-bond acceptors (Lipinski definition) is 3. The number of hydrogen-bond donors (Lipinski definition) is 1. The first-order valence-corrected chi connectivity index (χ1v) is 7.71. The minimum atomic E-state index is 0.241. The summed E-state index contributed by atoms with van der Waals surface area (Å²) in [7, 11) is 2.01. The molecule has 1 atom stereocenters. The van der Waals surface area contributed by atoms with Gasteiger partial charge >= 0.3 is 0 Å². The van der Waals surface area contributed by atoms with Gasteiger partial charge in [0, 0.05) is 42.3 Å². The highest BCUT2D eigenvalue weighted by Crippen LogP contribution is 2.25. The molecule has 0 spiro atoms. The van der Waals surface area contributed by atoms with Crippen molar-refractivity contribution in [3.05, 3.63) is 53.1 Å². The Bertz CT molecular complexity index is 810. The van der Waals surface area contributed by atoms with Gasteiger partial charge in [-0.1, -0.05) is 17.7 Å². The van der Waals surface area contributed by atoms with Gasteiger partial charge < -0.3 is 9.88 Å². The third kappa shape index (κ3) is 2.92. The van der Waals surface area contributed by atoms with Crippen LogP contribution in [0.1, 0.15) is 18.3 Å². The van der Waals surface area contributed by atoms with Crippen LogP contribution in [0.3, 0.4) is 0 Å². The van der Waals surface area contributed by atoms with Crippen molar-refractivity contribution >= 4 is 28.3 Å². The number of imidazole rings is 1. The zero-order chi connectivity index (χ0) is 15.7. The Morgan fingerprint density at radius 3 is 2.77 bits per heavy atom. The Balaban J connectivity index is 1.81. The van der Waals surface area contributed by atoms with Gasteiger partial charge in [-0.2, -0.15) is 0 Å². The molecule has 4 nitrogen and oxygen atoms in total. The molecule has 0 amide bonds. The van der Waals surface area contributed by atoms with Crippen LogP contribution in [-0.2, 0) is 13.5 Å². The molecule has 3 rings (SSSR count). The summed E-state index contributed by atoms with van der Waals surface area (Å²) in [6, 6.07) is 8.23. The summed E-state index contributed by atoms with van der Waals surface area (Å²) in [5.41, 5.74) is 1.96. The topological polar surface area (TPSA) is 42.7 Å². The van der Waals surface area contributed by atoms with Crippen molar-refractivity contribution in [1.82, 2.24) is 14.5 Å². The first-order valence-electron chi connectivity index (χ1n) is 7.33. The van der Waals surface area contributed by atoms with Gasteiger partial charge in [0.25, 0.3) is 0 Å². The summed E-state index contributed by atoms with van der Waals surface area (Å²) in [5, 5.41) is 5.29. The van der Waals surface area contributed by atoms with E-state index in [2.05, 4.69) is 23.3 Å². The lowest BCUT2D eigenvalue weighted by atomic mass is 10.1.